The molecular formula is C36H51FN6O4. The third-order valence-corrected chi connectivity index (χ3v) is 8.12. The number of aromatic nitrogens is 2. The molecule has 1 aromatic heterocycles. The molecule has 0 atom stereocenters. The summed E-state index contributed by atoms with van der Waals surface area (Å²) in [5, 5.41) is 3.06. The number of amides is 1. The Labute approximate surface area is 279 Å². The number of rotatable bonds is 18. The molecule has 1 saturated heterocycles. The average Bonchev–Trinajstić information content (AvgIpc) is 3.07. The summed E-state index contributed by atoms with van der Waals surface area (Å²) in [6.07, 6.45) is 6.27. The number of anilines is 3. The Bertz CT molecular complexity index is 1390. The van der Waals surface area contributed by atoms with Crippen molar-refractivity contribution in [1.82, 2.24) is 19.8 Å². The predicted molar refractivity (Wildman–Crippen MR) is 184 cm³/mol. The molecule has 47 heavy (non-hydrogen) atoms. The van der Waals surface area contributed by atoms with Crippen LogP contribution in [0.15, 0.2) is 54.7 Å². The van der Waals surface area contributed by atoms with E-state index in [1.165, 1.54) is 17.4 Å². The third kappa shape index (κ3) is 12.0. The van der Waals surface area contributed by atoms with Crippen LogP contribution in [0.3, 0.4) is 0 Å². The number of ether oxygens (including phenoxy) is 3. The van der Waals surface area contributed by atoms with E-state index in [9.17, 15) is 4.79 Å². The lowest BCUT2D eigenvalue weighted by molar-refractivity contribution is 0.116. The first-order chi connectivity index (χ1) is 22.8. The first kappa shape index (κ1) is 35.9. The molecule has 1 aliphatic heterocycles. The third-order valence-electron chi connectivity index (χ3n) is 8.12. The number of nitrogens with zero attached hydrogens (tertiary/aromatic N) is 5. The highest BCUT2D eigenvalue weighted by molar-refractivity contribution is 5.86. The fourth-order valence-corrected chi connectivity index (χ4v) is 5.48. The molecule has 0 unspecified atom stereocenters. The van der Waals surface area contributed by atoms with Crippen LogP contribution in [0.25, 0.3) is 0 Å². The monoisotopic (exact) mass is 650 g/mol. The van der Waals surface area contributed by atoms with Crippen LogP contribution in [-0.2, 0) is 11.3 Å². The predicted octanol–water partition coefficient (Wildman–Crippen LogP) is 7.13. The van der Waals surface area contributed by atoms with Gasteiger partial charge in [0.2, 0.25) is 5.95 Å². The number of nitrogens with one attached hydrogen (secondary N) is 1. The minimum absolute atomic E-state index is 0.200. The summed E-state index contributed by atoms with van der Waals surface area (Å²) >= 11 is 0. The van der Waals surface area contributed by atoms with Gasteiger partial charge in [-0.25, -0.2) is 14.2 Å². The van der Waals surface area contributed by atoms with Crippen LogP contribution in [0, 0.1) is 11.7 Å². The fourth-order valence-electron chi connectivity index (χ4n) is 5.48. The van der Waals surface area contributed by atoms with Gasteiger partial charge in [-0.2, -0.15) is 4.98 Å². The first-order valence-electron chi connectivity index (χ1n) is 16.9. The van der Waals surface area contributed by atoms with Crippen molar-refractivity contribution in [2.75, 3.05) is 69.8 Å². The molecule has 0 aliphatic carbocycles. The van der Waals surface area contributed by atoms with E-state index >= 15 is 4.39 Å². The maximum atomic E-state index is 15.0. The van der Waals surface area contributed by atoms with E-state index in [2.05, 4.69) is 45.9 Å². The largest absolute Gasteiger partial charge is 0.497 e. The molecule has 1 amide bonds. The molecule has 11 heteroatoms. The number of hydrogen-bond acceptors (Lipinski definition) is 9. The Hall–Kier alpha value is -3.96. The van der Waals surface area contributed by atoms with E-state index in [0.717, 1.165) is 70.5 Å². The average molecular weight is 651 g/mol. The summed E-state index contributed by atoms with van der Waals surface area (Å²) in [5.74, 6) is 1.64. The molecular weight excluding hydrogens is 599 g/mol. The molecule has 2 heterocycles. The summed E-state index contributed by atoms with van der Waals surface area (Å²) in [5.41, 5.74) is 1.31. The maximum absolute atomic E-state index is 15.0. The molecule has 1 aliphatic rings. The quantitative estimate of drug-likeness (QED) is 0.144. The normalized spacial score (nSPS) is 13.8. The standard InChI is InChI=1S/C36H51FN6O4/c1-5-17-41-18-20-42(21-19-41)22-24-46-33-14-13-30(26-32(33)37)39-35-38-16-15-34(40-35)43(27-29-11-9-12-31(25-29)45-4)36(44)47-23-8-6-7-10-28(2)3/h9,11-16,25-26,28H,5-8,10,17-24,27H2,1-4H3,(H,38,39,40). The zero-order chi connectivity index (χ0) is 33.4. The van der Waals surface area contributed by atoms with E-state index in [0.29, 0.717) is 36.4 Å². The minimum Gasteiger partial charge on any atom is -0.497 e. The number of carbonyl (C=O) groups is 1. The second-order valence-corrected chi connectivity index (χ2v) is 12.3. The molecule has 2 aromatic carbocycles. The van der Waals surface area contributed by atoms with Gasteiger partial charge in [-0.15, -0.1) is 0 Å². The number of methoxy groups -OCH3 is 1. The van der Waals surface area contributed by atoms with Crippen LogP contribution in [0.2, 0.25) is 0 Å². The van der Waals surface area contributed by atoms with Gasteiger partial charge in [-0.05, 0) is 61.2 Å². The molecule has 0 radical (unpaired) electrons. The highest BCUT2D eigenvalue weighted by Crippen LogP contribution is 2.25. The number of halogens is 1. The molecule has 3 aromatic rings. The second kappa shape index (κ2) is 19.0. The number of hydrogen-bond donors (Lipinski definition) is 1. The van der Waals surface area contributed by atoms with E-state index in [4.69, 9.17) is 14.2 Å². The van der Waals surface area contributed by atoms with E-state index < -0.39 is 11.9 Å². The molecule has 0 spiro atoms. The summed E-state index contributed by atoms with van der Waals surface area (Å²) in [7, 11) is 1.60. The van der Waals surface area contributed by atoms with Crippen molar-refractivity contribution in [3.8, 4) is 11.5 Å². The number of carbonyl (C=O) groups excluding carboxylic acids is 1. The van der Waals surface area contributed by atoms with Gasteiger partial charge in [0.25, 0.3) is 0 Å². The molecule has 0 saturated carbocycles. The number of piperazine rings is 1. The van der Waals surface area contributed by atoms with Gasteiger partial charge in [0.1, 0.15) is 18.2 Å². The van der Waals surface area contributed by atoms with Gasteiger partial charge in [0, 0.05) is 50.7 Å². The topological polar surface area (TPSA) is 92.3 Å². The van der Waals surface area contributed by atoms with E-state index in [-0.39, 0.29) is 18.2 Å². The second-order valence-electron chi connectivity index (χ2n) is 12.3. The Morgan fingerprint density at radius 2 is 1.79 bits per heavy atom. The SMILES string of the molecule is CCCN1CCN(CCOc2ccc(Nc3nccc(N(Cc4cccc(OC)c4)C(=O)OCCCCCC(C)C)n3)cc2F)CC1. The zero-order valence-electron chi connectivity index (χ0n) is 28.4. The smallest absolute Gasteiger partial charge is 0.415 e. The van der Waals surface area contributed by atoms with Crippen molar-refractivity contribution in [2.45, 2.75) is 59.4 Å². The van der Waals surface area contributed by atoms with Gasteiger partial charge in [0.05, 0.1) is 20.3 Å². The lowest BCUT2D eigenvalue weighted by atomic mass is 10.1. The molecule has 10 nitrogen and oxygen atoms in total. The van der Waals surface area contributed by atoms with Crippen molar-refractivity contribution < 1.29 is 23.4 Å². The van der Waals surface area contributed by atoms with Gasteiger partial charge in [0.15, 0.2) is 11.6 Å². The highest BCUT2D eigenvalue weighted by Gasteiger charge is 2.21. The summed E-state index contributed by atoms with van der Waals surface area (Å²) in [6, 6.07) is 13.8. The van der Waals surface area contributed by atoms with Crippen molar-refractivity contribution >= 4 is 23.5 Å². The summed E-state index contributed by atoms with van der Waals surface area (Å²) in [4.78, 5) is 28.5. The van der Waals surface area contributed by atoms with Crippen LogP contribution < -0.4 is 19.7 Å². The Kier molecular flexibility index (Phi) is 14.5. The van der Waals surface area contributed by atoms with E-state index in [1.54, 1.807) is 31.5 Å². The fraction of sp³-hybridized carbons (Fsp3) is 0.528. The lowest BCUT2D eigenvalue weighted by Gasteiger charge is -2.34. The Morgan fingerprint density at radius 3 is 2.51 bits per heavy atom. The summed E-state index contributed by atoms with van der Waals surface area (Å²) < 4.78 is 31.8. The number of benzene rings is 2. The number of unbranched alkanes of at least 4 members (excludes halogenated alkanes) is 2. The molecule has 4 rings (SSSR count). The maximum Gasteiger partial charge on any atom is 0.415 e. The Morgan fingerprint density at radius 1 is 1.00 bits per heavy atom. The van der Waals surface area contributed by atoms with Crippen molar-refractivity contribution in [3.05, 3.63) is 66.1 Å². The lowest BCUT2D eigenvalue weighted by Crippen LogP contribution is -2.47. The molecule has 1 N–H and O–H groups in total. The van der Waals surface area contributed by atoms with Gasteiger partial charge in [-0.3, -0.25) is 9.80 Å². The van der Waals surface area contributed by atoms with Crippen molar-refractivity contribution in [1.29, 1.82) is 0 Å². The van der Waals surface area contributed by atoms with Crippen LogP contribution in [-0.4, -0.2) is 85.5 Å². The zero-order valence-corrected chi connectivity index (χ0v) is 28.4. The molecule has 1 fully saturated rings. The van der Waals surface area contributed by atoms with Crippen molar-refractivity contribution in [3.63, 3.8) is 0 Å². The van der Waals surface area contributed by atoms with Gasteiger partial charge in [-0.1, -0.05) is 52.2 Å². The molecule has 0 bridgehead atoms. The highest BCUT2D eigenvalue weighted by atomic mass is 19.1. The van der Waals surface area contributed by atoms with E-state index in [1.807, 2.05) is 24.3 Å². The van der Waals surface area contributed by atoms with Gasteiger partial charge >= 0.3 is 6.09 Å². The van der Waals surface area contributed by atoms with Crippen LogP contribution >= 0.6 is 0 Å². The van der Waals surface area contributed by atoms with Crippen LogP contribution in [0.5, 0.6) is 11.5 Å². The summed E-state index contributed by atoms with van der Waals surface area (Å²) in [6.45, 7) is 13.6. The Balaban J connectivity index is 1.37. The minimum atomic E-state index is -0.503. The first-order valence-corrected chi connectivity index (χ1v) is 16.9. The van der Waals surface area contributed by atoms with Crippen LogP contribution in [0.4, 0.5) is 26.6 Å². The molecule has 256 valence electrons. The van der Waals surface area contributed by atoms with Crippen molar-refractivity contribution in [2.24, 2.45) is 5.92 Å². The van der Waals surface area contributed by atoms with Gasteiger partial charge < -0.3 is 24.4 Å². The van der Waals surface area contributed by atoms with Crippen LogP contribution in [0.1, 0.15) is 58.4 Å².